The van der Waals surface area contributed by atoms with E-state index in [9.17, 15) is 4.57 Å². The summed E-state index contributed by atoms with van der Waals surface area (Å²) in [6.45, 7) is 12.7. The fourth-order valence-corrected chi connectivity index (χ4v) is 7.86. The van der Waals surface area contributed by atoms with Crippen molar-refractivity contribution in [2.75, 3.05) is 0 Å². The first-order chi connectivity index (χ1) is 12.7. The van der Waals surface area contributed by atoms with Crippen LogP contribution in [-0.4, -0.2) is 0 Å². The van der Waals surface area contributed by atoms with E-state index in [0.29, 0.717) is 6.16 Å². The summed E-state index contributed by atoms with van der Waals surface area (Å²) in [6.07, 6.45) is 0.569. The first kappa shape index (κ1) is 19.6. The van der Waals surface area contributed by atoms with Gasteiger partial charge in [0, 0.05) is 16.8 Å². The van der Waals surface area contributed by atoms with Crippen molar-refractivity contribution < 1.29 is 4.57 Å². The Hall–Kier alpha value is -2.11. The molecule has 140 valence electrons. The van der Waals surface area contributed by atoms with Gasteiger partial charge in [0.15, 0.2) is 0 Å². The highest BCUT2D eigenvalue weighted by molar-refractivity contribution is 7.78. The van der Waals surface area contributed by atoms with Gasteiger partial charge < -0.3 is 4.57 Å². The minimum atomic E-state index is -2.81. The molecule has 3 rings (SSSR count). The minimum absolute atomic E-state index is 0.569. The van der Waals surface area contributed by atoms with Crippen molar-refractivity contribution in [1.29, 1.82) is 0 Å². The maximum absolute atomic E-state index is 14.7. The van der Waals surface area contributed by atoms with Gasteiger partial charge in [-0.2, -0.15) is 0 Å². The van der Waals surface area contributed by atoms with Gasteiger partial charge >= 0.3 is 0 Å². The predicted octanol–water partition coefficient (Wildman–Crippen LogP) is 6.05. The molecule has 0 radical (unpaired) electrons. The van der Waals surface area contributed by atoms with Crippen LogP contribution < -0.4 is 10.6 Å². The molecule has 3 aromatic carbocycles. The first-order valence-corrected chi connectivity index (χ1v) is 11.4. The van der Waals surface area contributed by atoms with Crippen molar-refractivity contribution >= 4 is 17.8 Å². The van der Waals surface area contributed by atoms with E-state index in [1.54, 1.807) is 0 Å². The van der Waals surface area contributed by atoms with Gasteiger partial charge in [-0.1, -0.05) is 65.7 Å². The lowest BCUT2D eigenvalue weighted by Gasteiger charge is -2.25. The molecule has 3 aromatic rings. The summed E-state index contributed by atoms with van der Waals surface area (Å²) in [5.41, 5.74) is 8.40. The molecule has 0 fully saturated rings. The molecule has 0 bridgehead atoms. The van der Waals surface area contributed by atoms with Crippen molar-refractivity contribution in [3.05, 3.63) is 93.5 Å². The van der Waals surface area contributed by atoms with E-state index in [4.69, 9.17) is 0 Å². The Bertz CT molecular complexity index is 985. The lowest BCUT2D eigenvalue weighted by atomic mass is 10.0. The molecule has 0 aliphatic carbocycles. The molecular formula is C25H29OP. The van der Waals surface area contributed by atoms with Gasteiger partial charge in [0.1, 0.15) is 7.14 Å². The lowest BCUT2D eigenvalue weighted by Crippen LogP contribution is -2.23. The molecule has 0 amide bonds. The topological polar surface area (TPSA) is 17.1 Å². The SMILES string of the molecule is Cc1cc(C)c(CP(=O)(c2ccccc2)c2c(C)cc(C)cc2C)c(C)c1. The molecule has 27 heavy (non-hydrogen) atoms. The number of hydrogen-bond acceptors (Lipinski definition) is 1. The van der Waals surface area contributed by atoms with Crippen LogP contribution in [0.5, 0.6) is 0 Å². The van der Waals surface area contributed by atoms with Crippen LogP contribution in [-0.2, 0) is 10.7 Å². The zero-order valence-electron chi connectivity index (χ0n) is 17.3. The van der Waals surface area contributed by atoms with Crippen molar-refractivity contribution in [2.24, 2.45) is 0 Å². The summed E-state index contributed by atoms with van der Waals surface area (Å²) in [5.74, 6) is 0. The molecular weight excluding hydrogens is 347 g/mol. The summed E-state index contributed by atoms with van der Waals surface area (Å²) in [7, 11) is -2.81. The van der Waals surface area contributed by atoms with Gasteiger partial charge in [-0.25, -0.2) is 0 Å². The average Bonchev–Trinajstić information content (AvgIpc) is 2.58. The molecule has 2 heteroatoms. The second-order valence-corrected chi connectivity index (χ2v) is 10.6. The number of rotatable bonds is 4. The molecule has 0 saturated carbocycles. The quantitative estimate of drug-likeness (QED) is 0.507. The zero-order chi connectivity index (χ0) is 19.8. The Morgan fingerprint density at radius 3 is 1.59 bits per heavy atom. The summed E-state index contributed by atoms with van der Waals surface area (Å²) >= 11 is 0. The van der Waals surface area contributed by atoms with Crippen molar-refractivity contribution in [3.8, 4) is 0 Å². The van der Waals surface area contributed by atoms with Crippen LogP contribution in [0, 0.1) is 41.5 Å². The molecule has 0 aliphatic heterocycles. The van der Waals surface area contributed by atoms with E-state index >= 15 is 0 Å². The van der Waals surface area contributed by atoms with E-state index in [1.807, 2.05) is 30.3 Å². The van der Waals surface area contributed by atoms with Crippen LogP contribution in [0.2, 0.25) is 0 Å². The number of aryl methyl sites for hydroxylation is 6. The van der Waals surface area contributed by atoms with Gasteiger partial charge in [-0.15, -0.1) is 0 Å². The van der Waals surface area contributed by atoms with Crippen LogP contribution in [0.1, 0.15) is 38.9 Å². The normalized spacial score (nSPS) is 13.4. The molecule has 1 atom stereocenters. The standard InChI is InChI=1S/C25H29OP/c1-17-12-19(3)24(20(4)13-17)16-27(26,23-10-8-7-9-11-23)25-21(5)14-18(2)15-22(25)6/h7-15H,16H2,1-6H3. The van der Waals surface area contributed by atoms with E-state index in [1.165, 1.54) is 27.8 Å². The maximum atomic E-state index is 14.7. The fourth-order valence-electron chi connectivity index (χ4n) is 4.39. The molecule has 0 saturated heterocycles. The van der Waals surface area contributed by atoms with Crippen molar-refractivity contribution in [3.63, 3.8) is 0 Å². The second-order valence-electron chi connectivity index (χ2n) is 7.86. The van der Waals surface area contributed by atoms with Crippen molar-refractivity contribution in [2.45, 2.75) is 47.7 Å². The number of benzene rings is 3. The van der Waals surface area contributed by atoms with Gasteiger partial charge in [0.25, 0.3) is 0 Å². The monoisotopic (exact) mass is 376 g/mol. The average molecular weight is 376 g/mol. The van der Waals surface area contributed by atoms with Gasteiger partial charge in [0.2, 0.25) is 0 Å². The van der Waals surface area contributed by atoms with Crippen LogP contribution >= 0.6 is 7.14 Å². The van der Waals surface area contributed by atoms with Crippen molar-refractivity contribution in [1.82, 2.24) is 0 Å². The Morgan fingerprint density at radius 1 is 0.667 bits per heavy atom. The molecule has 0 spiro atoms. The molecule has 0 aliphatic rings. The fraction of sp³-hybridized carbons (Fsp3) is 0.280. The van der Waals surface area contributed by atoms with Gasteiger partial charge in [-0.3, -0.25) is 0 Å². The van der Waals surface area contributed by atoms with Gasteiger partial charge in [-0.05, 0) is 69.4 Å². The molecule has 0 heterocycles. The lowest BCUT2D eigenvalue weighted by molar-refractivity contribution is 0.586. The van der Waals surface area contributed by atoms with Gasteiger partial charge in [0.05, 0.1) is 0 Å². The van der Waals surface area contributed by atoms with Crippen LogP contribution in [0.15, 0.2) is 54.6 Å². The maximum Gasteiger partial charge on any atom is 0.147 e. The Balaban J connectivity index is 2.27. The summed E-state index contributed by atoms with van der Waals surface area (Å²) in [6, 6.07) is 18.8. The van der Waals surface area contributed by atoms with E-state index < -0.39 is 7.14 Å². The third-order valence-corrected chi connectivity index (χ3v) is 8.71. The predicted molar refractivity (Wildman–Crippen MR) is 118 cm³/mol. The Kier molecular flexibility index (Phi) is 5.45. The highest BCUT2D eigenvalue weighted by atomic mass is 31.2. The van der Waals surface area contributed by atoms with E-state index in [2.05, 4.69) is 65.8 Å². The highest BCUT2D eigenvalue weighted by Crippen LogP contribution is 2.49. The molecule has 1 nitrogen and oxygen atoms in total. The Labute approximate surface area is 163 Å². The smallest absolute Gasteiger partial charge is 0.147 e. The summed E-state index contributed by atoms with van der Waals surface area (Å²) in [5, 5.41) is 1.97. The molecule has 0 N–H and O–H groups in total. The zero-order valence-corrected chi connectivity index (χ0v) is 18.2. The number of hydrogen-bond donors (Lipinski definition) is 0. The minimum Gasteiger partial charge on any atom is -0.313 e. The molecule has 1 unspecified atom stereocenters. The second kappa shape index (κ2) is 7.49. The third kappa shape index (κ3) is 3.80. The largest absolute Gasteiger partial charge is 0.313 e. The third-order valence-electron chi connectivity index (χ3n) is 5.39. The highest BCUT2D eigenvalue weighted by Gasteiger charge is 2.32. The van der Waals surface area contributed by atoms with E-state index in [0.717, 1.165) is 21.7 Å². The van der Waals surface area contributed by atoms with Crippen LogP contribution in [0.4, 0.5) is 0 Å². The first-order valence-electron chi connectivity index (χ1n) is 9.52. The molecule has 0 aromatic heterocycles. The van der Waals surface area contributed by atoms with E-state index in [-0.39, 0.29) is 0 Å². The Morgan fingerprint density at radius 2 is 1.11 bits per heavy atom. The summed E-state index contributed by atoms with van der Waals surface area (Å²) in [4.78, 5) is 0. The van der Waals surface area contributed by atoms with Crippen LogP contribution in [0.25, 0.3) is 0 Å². The summed E-state index contributed by atoms with van der Waals surface area (Å²) < 4.78 is 14.7. The van der Waals surface area contributed by atoms with Crippen LogP contribution in [0.3, 0.4) is 0 Å².